The van der Waals surface area contributed by atoms with Crippen LogP contribution in [-0.2, 0) is 0 Å². The van der Waals surface area contributed by atoms with Gasteiger partial charge in [-0.25, -0.2) is 19.9 Å². The summed E-state index contributed by atoms with van der Waals surface area (Å²) >= 11 is 1.10. The third kappa shape index (κ3) is 3.13. The van der Waals surface area contributed by atoms with Crippen LogP contribution in [0, 0.1) is 10.1 Å². The highest BCUT2D eigenvalue weighted by atomic mass is 32.2. The number of hydrogen-bond acceptors (Lipinski definition) is 8. The topological polar surface area (TPSA) is 107 Å². The van der Waals surface area contributed by atoms with Gasteiger partial charge in [0.1, 0.15) is 17.7 Å². The van der Waals surface area contributed by atoms with Gasteiger partial charge in [-0.2, -0.15) is 0 Å². The van der Waals surface area contributed by atoms with Crippen molar-refractivity contribution in [1.29, 1.82) is 0 Å². The zero-order valence-corrected chi connectivity index (χ0v) is 10.8. The number of nitrogens with one attached hydrogen (secondary N) is 1. The van der Waals surface area contributed by atoms with Crippen LogP contribution in [0.15, 0.2) is 35.0 Å². The number of aromatic nitrogens is 4. The molecular formula is C10H10N6O2S. The molecule has 0 bridgehead atoms. The number of anilines is 1. The maximum Gasteiger partial charge on any atom is 0.343 e. The molecule has 0 aliphatic carbocycles. The fourth-order valence-electron chi connectivity index (χ4n) is 1.34. The Balaban J connectivity index is 2.39. The monoisotopic (exact) mass is 278 g/mol. The SMILES string of the molecule is CCNc1ncnc(Sc2ccncn2)c1[N+](=O)[O-]. The van der Waals surface area contributed by atoms with E-state index in [2.05, 4.69) is 25.3 Å². The number of nitro groups is 1. The van der Waals surface area contributed by atoms with E-state index >= 15 is 0 Å². The van der Waals surface area contributed by atoms with Crippen molar-refractivity contribution in [2.75, 3.05) is 11.9 Å². The molecule has 0 unspecified atom stereocenters. The molecule has 8 nitrogen and oxygen atoms in total. The Hall–Kier alpha value is -2.29. The molecule has 2 heterocycles. The predicted octanol–water partition coefficient (Wildman–Crippen LogP) is 1.76. The van der Waals surface area contributed by atoms with Crippen LogP contribution in [0.1, 0.15) is 6.92 Å². The Bertz CT molecular complexity index is 579. The molecule has 0 atom stereocenters. The van der Waals surface area contributed by atoms with Gasteiger partial charge in [-0.3, -0.25) is 10.1 Å². The van der Waals surface area contributed by atoms with Gasteiger partial charge in [0.05, 0.1) is 4.92 Å². The number of nitrogens with zero attached hydrogens (tertiary/aromatic N) is 5. The van der Waals surface area contributed by atoms with Crippen molar-refractivity contribution < 1.29 is 4.92 Å². The molecule has 98 valence electrons. The molecular weight excluding hydrogens is 268 g/mol. The maximum absolute atomic E-state index is 11.1. The first kappa shape index (κ1) is 13.1. The van der Waals surface area contributed by atoms with Gasteiger partial charge < -0.3 is 5.32 Å². The quantitative estimate of drug-likeness (QED) is 0.501. The van der Waals surface area contributed by atoms with Crippen LogP contribution in [0.4, 0.5) is 11.5 Å². The zero-order chi connectivity index (χ0) is 13.7. The van der Waals surface area contributed by atoms with Gasteiger partial charge in [0.15, 0.2) is 5.03 Å². The average Bonchev–Trinajstić information content (AvgIpc) is 2.40. The smallest absolute Gasteiger partial charge is 0.343 e. The highest BCUT2D eigenvalue weighted by Gasteiger charge is 2.23. The molecule has 1 N–H and O–H groups in total. The lowest BCUT2D eigenvalue weighted by Crippen LogP contribution is -2.05. The second kappa shape index (κ2) is 6.05. The summed E-state index contributed by atoms with van der Waals surface area (Å²) in [5.74, 6) is 0.207. The zero-order valence-electron chi connectivity index (χ0n) is 9.98. The van der Waals surface area contributed by atoms with E-state index in [4.69, 9.17) is 0 Å². The summed E-state index contributed by atoms with van der Waals surface area (Å²) in [6.07, 6.45) is 4.22. The molecule has 0 aliphatic heterocycles. The van der Waals surface area contributed by atoms with Gasteiger partial charge in [0.2, 0.25) is 5.82 Å². The maximum atomic E-state index is 11.1. The van der Waals surface area contributed by atoms with E-state index < -0.39 is 4.92 Å². The fraction of sp³-hybridized carbons (Fsp3) is 0.200. The molecule has 2 aromatic heterocycles. The summed E-state index contributed by atoms with van der Waals surface area (Å²) in [6, 6.07) is 1.66. The molecule has 9 heteroatoms. The Morgan fingerprint density at radius 2 is 2.21 bits per heavy atom. The summed E-state index contributed by atoms with van der Waals surface area (Å²) in [5.41, 5.74) is -0.145. The van der Waals surface area contributed by atoms with E-state index in [1.807, 2.05) is 6.92 Å². The fourth-order valence-corrected chi connectivity index (χ4v) is 2.13. The van der Waals surface area contributed by atoms with Crippen molar-refractivity contribution in [2.24, 2.45) is 0 Å². The largest absolute Gasteiger partial charge is 0.364 e. The van der Waals surface area contributed by atoms with Crippen LogP contribution in [0.2, 0.25) is 0 Å². The predicted molar refractivity (Wildman–Crippen MR) is 69.0 cm³/mol. The lowest BCUT2D eigenvalue weighted by molar-refractivity contribution is -0.387. The standard InChI is InChI=1S/C10H10N6O2S/c1-2-12-9-8(16(17)18)10(15-6-14-9)19-7-3-4-11-5-13-7/h3-6H,2H2,1H3,(H,12,14,15). The molecule has 0 aromatic carbocycles. The second-order valence-electron chi connectivity index (χ2n) is 3.31. The van der Waals surface area contributed by atoms with Crippen molar-refractivity contribution >= 4 is 23.3 Å². The van der Waals surface area contributed by atoms with E-state index in [0.717, 1.165) is 11.8 Å². The molecule has 0 spiro atoms. The van der Waals surface area contributed by atoms with E-state index in [9.17, 15) is 10.1 Å². The van der Waals surface area contributed by atoms with E-state index in [-0.39, 0.29) is 16.5 Å². The van der Waals surface area contributed by atoms with Crippen molar-refractivity contribution in [3.63, 3.8) is 0 Å². The van der Waals surface area contributed by atoms with Crippen molar-refractivity contribution in [1.82, 2.24) is 19.9 Å². The van der Waals surface area contributed by atoms with Crippen LogP contribution in [0.25, 0.3) is 0 Å². The van der Waals surface area contributed by atoms with Crippen LogP contribution in [0.5, 0.6) is 0 Å². The van der Waals surface area contributed by atoms with Crippen molar-refractivity contribution in [3.8, 4) is 0 Å². The lowest BCUT2D eigenvalue weighted by atomic mass is 10.5. The lowest BCUT2D eigenvalue weighted by Gasteiger charge is -2.05. The van der Waals surface area contributed by atoms with Crippen molar-refractivity contribution in [3.05, 3.63) is 35.0 Å². The third-order valence-electron chi connectivity index (χ3n) is 2.07. The van der Waals surface area contributed by atoms with Crippen LogP contribution in [0.3, 0.4) is 0 Å². The summed E-state index contributed by atoms with van der Waals surface area (Å²) in [5, 5.41) is 14.8. The summed E-state index contributed by atoms with van der Waals surface area (Å²) in [6.45, 7) is 2.37. The third-order valence-corrected chi connectivity index (χ3v) is 3.01. The van der Waals surface area contributed by atoms with E-state index in [1.54, 1.807) is 12.3 Å². The molecule has 2 rings (SSSR count). The average molecular weight is 278 g/mol. The van der Waals surface area contributed by atoms with Gasteiger partial charge in [-0.15, -0.1) is 0 Å². The molecule has 0 saturated carbocycles. The first-order valence-corrected chi connectivity index (χ1v) is 6.21. The second-order valence-corrected chi connectivity index (χ2v) is 4.32. The highest BCUT2D eigenvalue weighted by molar-refractivity contribution is 7.99. The van der Waals surface area contributed by atoms with E-state index in [0.29, 0.717) is 11.6 Å². The number of hydrogen-bond donors (Lipinski definition) is 1. The van der Waals surface area contributed by atoms with Gasteiger partial charge >= 0.3 is 5.69 Å². The Labute approximate surface area is 112 Å². The minimum absolute atomic E-state index is 0.145. The molecule has 0 radical (unpaired) electrons. The Morgan fingerprint density at radius 1 is 1.37 bits per heavy atom. The summed E-state index contributed by atoms with van der Waals surface area (Å²) in [4.78, 5) is 26.3. The molecule has 2 aromatic rings. The van der Waals surface area contributed by atoms with E-state index in [1.165, 1.54) is 12.7 Å². The Morgan fingerprint density at radius 3 is 2.84 bits per heavy atom. The number of rotatable bonds is 5. The molecule has 0 amide bonds. The van der Waals surface area contributed by atoms with Crippen molar-refractivity contribution in [2.45, 2.75) is 17.0 Å². The van der Waals surface area contributed by atoms with Gasteiger partial charge in [-0.05, 0) is 24.8 Å². The first-order valence-electron chi connectivity index (χ1n) is 5.39. The van der Waals surface area contributed by atoms with Gasteiger partial charge in [0.25, 0.3) is 0 Å². The minimum Gasteiger partial charge on any atom is -0.364 e. The molecule has 0 saturated heterocycles. The van der Waals surface area contributed by atoms with Crippen LogP contribution < -0.4 is 5.32 Å². The van der Waals surface area contributed by atoms with Gasteiger partial charge in [0, 0.05) is 12.7 Å². The minimum atomic E-state index is -0.498. The molecule has 0 fully saturated rings. The summed E-state index contributed by atoms with van der Waals surface area (Å²) in [7, 11) is 0. The van der Waals surface area contributed by atoms with Gasteiger partial charge in [-0.1, -0.05) is 0 Å². The van der Waals surface area contributed by atoms with Crippen LogP contribution in [-0.4, -0.2) is 31.4 Å². The summed E-state index contributed by atoms with van der Waals surface area (Å²) < 4.78 is 0. The Kier molecular flexibility index (Phi) is 4.18. The van der Waals surface area contributed by atoms with Crippen LogP contribution >= 0.6 is 11.8 Å². The highest BCUT2D eigenvalue weighted by Crippen LogP contribution is 2.35. The first-order chi connectivity index (χ1) is 9.22. The molecule has 19 heavy (non-hydrogen) atoms. The normalized spacial score (nSPS) is 10.2. The molecule has 0 aliphatic rings.